The van der Waals surface area contributed by atoms with Crippen molar-refractivity contribution in [2.24, 2.45) is 0 Å². The monoisotopic (exact) mass is 1070 g/mol. The van der Waals surface area contributed by atoms with Crippen molar-refractivity contribution in [2.45, 2.75) is 58.2 Å². The van der Waals surface area contributed by atoms with Gasteiger partial charge in [0.1, 0.15) is 6.54 Å². The summed E-state index contributed by atoms with van der Waals surface area (Å²) < 4.78 is 86.8. The number of imide groups is 2. The van der Waals surface area contributed by atoms with Crippen LogP contribution in [0, 0.1) is 0 Å². The Labute approximate surface area is 462 Å². The molecule has 22 nitrogen and oxygen atoms in total. The van der Waals surface area contributed by atoms with E-state index >= 15 is 0 Å². The third-order valence-corrected chi connectivity index (χ3v) is 14.1. The Morgan fingerprint density at radius 2 is 1.18 bits per heavy atom. The molecule has 2 saturated heterocycles. The Morgan fingerprint density at radius 1 is 0.649 bits per heavy atom. The van der Waals surface area contributed by atoms with Crippen molar-refractivity contribution in [1.82, 2.24) is 19.3 Å². The number of oxazole rings is 1. The van der Waals surface area contributed by atoms with E-state index in [4.69, 9.17) is 18.8 Å². The van der Waals surface area contributed by atoms with Crippen molar-refractivity contribution in [1.29, 1.82) is 0 Å². The number of carbonyl (C=O) groups excluding carboxylic acids is 6. The smallest absolute Gasteiger partial charge is 0.748 e. The van der Waals surface area contributed by atoms with Crippen LogP contribution in [0.5, 0.6) is 5.75 Å². The van der Waals surface area contributed by atoms with Gasteiger partial charge in [-0.05, 0) is 37.1 Å². The van der Waals surface area contributed by atoms with Gasteiger partial charge in [0.25, 0.3) is 35.7 Å². The summed E-state index contributed by atoms with van der Waals surface area (Å²) in [6, 6.07) is 21.7. The number of fused-ring (bicyclic) bond motifs is 8. The molecule has 3 aromatic heterocycles. The molecule has 0 aliphatic carbocycles. The molecule has 376 valence electrons. The number of carbonyl (C=O) groups is 6. The quantitative estimate of drug-likeness (QED) is 0.0409. The average Bonchev–Trinajstić information content (AvgIpc) is 4.17. The number of aromatic nitrogens is 3. The van der Waals surface area contributed by atoms with E-state index < -0.39 is 80.4 Å². The molecule has 0 saturated carbocycles. The molecule has 0 bridgehead atoms. The van der Waals surface area contributed by atoms with Crippen LogP contribution in [0.1, 0.15) is 44.4 Å². The first kappa shape index (κ1) is 52.3. The number of benzene rings is 4. The molecule has 2 fully saturated rings. The molecule has 3 aliphatic heterocycles. The topological polar surface area (TPSA) is 281 Å². The summed E-state index contributed by atoms with van der Waals surface area (Å²) in [6.07, 6.45) is 7.43. The van der Waals surface area contributed by atoms with Crippen LogP contribution < -0.4 is 65.6 Å². The molecule has 0 N–H and O–H groups in total. The maximum atomic E-state index is 13.4. The zero-order valence-electron chi connectivity index (χ0n) is 39.3. The molecule has 0 unspecified atom stereocenters. The number of hydrogen-bond donors (Lipinski definition) is 0. The number of amides is 4. The van der Waals surface area contributed by atoms with Crippen LogP contribution in [0.15, 0.2) is 107 Å². The number of aryl methyl sites for hydroxylation is 2. The summed E-state index contributed by atoms with van der Waals surface area (Å²) in [5.41, 5.74) is 3.94. The first-order valence-corrected chi connectivity index (χ1v) is 26.0. The van der Waals surface area contributed by atoms with Crippen molar-refractivity contribution in [3.63, 3.8) is 0 Å². The Kier molecular flexibility index (Phi) is 14.8. The SMILES string of the molecule is O=C(CN1/C(=C/C=C/C=C/c2oc3cc4c(cc3[n+]2CC(=O)ON2C(=O)CCC2=O)c2ccccc2n4CCCS(=O)(=O)[O-])Oc2cc3c(cc21)c1ccccc1n3CCCS(=O)(=O)[O-])ON1C(=O)CCC1=O.[K+]. The molecule has 0 atom stereocenters. The van der Waals surface area contributed by atoms with Gasteiger partial charge < -0.3 is 37.1 Å². The number of ether oxygens (including phenoxy) is 1. The van der Waals surface area contributed by atoms with Gasteiger partial charge in [0, 0.05) is 101 Å². The van der Waals surface area contributed by atoms with Crippen LogP contribution in [0.2, 0.25) is 0 Å². The molecule has 7 aromatic rings. The van der Waals surface area contributed by atoms with Crippen molar-refractivity contribution in [3.8, 4) is 5.75 Å². The van der Waals surface area contributed by atoms with E-state index in [1.807, 2.05) is 57.7 Å². The number of hydrogen-bond acceptors (Lipinski definition) is 17. The average molecular weight is 1070 g/mol. The molecular formula is C49H41KN6O16S2. The Bertz CT molecular complexity index is 3820. The molecular weight excluding hydrogens is 1030 g/mol. The van der Waals surface area contributed by atoms with Crippen LogP contribution >= 0.6 is 0 Å². The van der Waals surface area contributed by atoms with E-state index in [1.165, 1.54) is 21.6 Å². The zero-order valence-corrected chi connectivity index (χ0v) is 44.1. The predicted molar refractivity (Wildman–Crippen MR) is 256 cm³/mol. The van der Waals surface area contributed by atoms with E-state index in [9.17, 15) is 54.7 Å². The van der Waals surface area contributed by atoms with Gasteiger partial charge in [0.15, 0.2) is 5.75 Å². The van der Waals surface area contributed by atoms with E-state index in [0.29, 0.717) is 54.5 Å². The van der Waals surface area contributed by atoms with Gasteiger partial charge in [-0.15, -0.1) is 14.7 Å². The van der Waals surface area contributed by atoms with E-state index in [2.05, 4.69) is 0 Å². The number of anilines is 1. The maximum absolute atomic E-state index is 13.4. The molecule has 4 aromatic carbocycles. The first-order valence-electron chi connectivity index (χ1n) is 22.8. The molecule has 74 heavy (non-hydrogen) atoms. The number of nitrogens with zero attached hydrogens (tertiary/aromatic N) is 6. The van der Waals surface area contributed by atoms with Crippen LogP contribution in [-0.2, 0) is 78.3 Å². The second-order valence-electron chi connectivity index (χ2n) is 17.3. The van der Waals surface area contributed by atoms with Gasteiger partial charge >= 0.3 is 69.2 Å². The molecule has 0 radical (unpaired) electrons. The van der Waals surface area contributed by atoms with E-state index in [-0.39, 0.29) is 115 Å². The summed E-state index contributed by atoms with van der Waals surface area (Å²) in [7, 11) is -8.95. The van der Waals surface area contributed by atoms with Crippen molar-refractivity contribution in [2.75, 3.05) is 23.0 Å². The fourth-order valence-corrected chi connectivity index (χ4v) is 10.3. The molecule has 6 heterocycles. The molecule has 3 aliphatic rings. The Morgan fingerprint density at radius 3 is 1.74 bits per heavy atom. The molecule has 25 heteroatoms. The van der Waals surface area contributed by atoms with Gasteiger partial charge in [-0.1, -0.05) is 54.6 Å². The molecule has 4 amide bonds. The van der Waals surface area contributed by atoms with Gasteiger partial charge in [-0.25, -0.2) is 26.4 Å². The summed E-state index contributed by atoms with van der Waals surface area (Å²) in [5, 5.41) is 3.89. The van der Waals surface area contributed by atoms with Gasteiger partial charge in [-0.2, -0.15) is 0 Å². The zero-order chi connectivity index (χ0) is 51.3. The van der Waals surface area contributed by atoms with Crippen LogP contribution in [-0.4, -0.2) is 98.8 Å². The Hall–Kier alpha value is -6.55. The van der Waals surface area contributed by atoms with Gasteiger partial charge in [0.05, 0.1) is 43.0 Å². The van der Waals surface area contributed by atoms with Crippen molar-refractivity contribution >= 4 is 122 Å². The maximum Gasteiger partial charge on any atom is 1.00 e. The van der Waals surface area contributed by atoms with E-state index in [1.54, 1.807) is 42.5 Å². The second kappa shape index (κ2) is 21.0. The van der Waals surface area contributed by atoms with Crippen LogP contribution in [0.3, 0.4) is 0 Å². The summed E-state index contributed by atoms with van der Waals surface area (Å²) in [5.74, 6) is -5.16. The Balaban J connectivity index is 0.00000672. The first-order chi connectivity index (χ1) is 34.9. The third kappa shape index (κ3) is 10.7. The third-order valence-electron chi connectivity index (χ3n) is 12.5. The van der Waals surface area contributed by atoms with Gasteiger partial charge in [-0.3, -0.25) is 24.1 Å². The van der Waals surface area contributed by atoms with Gasteiger partial charge in [0.2, 0.25) is 11.5 Å². The minimum absolute atomic E-state index is 0. The normalized spacial score (nSPS) is 15.9. The summed E-state index contributed by atoms with van der Waals surface area (Å²) >= 11 is 0. The minimum Gasteiger partial charge on any atom is -0.748 e. The summed E-state index contributed by atoms with van der Waals surface area (Å²) in [6.45, 7) is -0.657. The molecule has 0 spiro atoms. The number of hydroxylamine groups is 4. The molecule has 10 rings (SSSR count). The van der Waals surface area contributed by atoms with Crippen LogP contribution in [0.25, 0.3) is 60.8 Å². The minimum atomic E-state index is -4.48. The second-order valence-corrected chi connectivity index (χ2v) is 20.3. The predicted octanol–water partition coefficient (Wildman–Crippen LogP) is 1.33. The van der Waals surface area contributed by atoms with Crippen LogP contribution in [0.4, 0.5) is 5.69 Å². The summed E-state index contributed by atoms with van der Waals surface area (Å²) in [4.78, 5) is 88.1. The fraction of sp³-hybridized carbons (Fsp3) is 0.245. The number of allylic oxidation sites excluding steroid dienone is 4. The number of rotatable bonds is 17. The number of para-hydroxylation sites is 2. The standard InChI is InChI=1S/C49H42N6O16S2.K/c56-42-16-17-43(57)54(42)70-48(60)28-52-38-24-32-30-10-4-6-12-34(30)50(20-8-22-72(62,63)64)36(32)26-40(38)68-46(52)14-2-1-3-15-47-53(29-49(61)71-55-44(58)18-19-45(55)59)39-25-33-31-11-5-7-13-35(31)51(21-9-23-73(65,66)67)37(33)27-41(39)69-47;/h1-7,10-15,24-27H,8-9,16-23,28-29H2,(H-,62,63,64,65,66,67);/q;+1/p-1. The van der Waals surface area contributed by atoms with E-state index in [0.717, 1.165) is 21.8 Å². The largest absolute Gasteiger partial charge is 1.00 e. The van der Waals surface area contributed by atoms with Crippen molar-refractivity contribution < 1.29 is 129 Å². The van der Waals surface area contributed by atoms with Crippen molar-refractivity contribution in [3.05, 3.63) is 109 Å². The fourth-order valence-electron chi connectivity index (χ4n) is 9.31.